The predicted octanol–water partition coefficient (Wildman–Crippen LogP) is 2.41. The van der Waals surface area contributed by atoms with Crippen molar-refractivity contribution in [1.29, 1.82) is 0 Å². The van der Waals surface area contributed by atoms with E-state index < -0.39 is 0 Å². The highest BCUT2D eigenvalue weighted by atomic mass is 16.2. The fraction of sp³-hybridized carbons (Fsp3) is 0.933. The Kier molecular flexibility index (Phi) is 5.04. The third-order valence-corrected chi connectivity index (χ3v) is 4.60. The molecule has 2 aliphatic heterocycles. The van der Waals surface area contributed by atoms with Crippen LogP contribution in [-0.2, 0) is 4.79 Å². The van der Waals surface area contributed by atoms with Crippen molar-refractivity contribution in [2.24, 2.45) is 11.8 Å². The smallest absolute Gasteiger partial charge is 0.222 e. The van der Waals surface area contributed by atoms with E-state index in [2.05, 4.69) is 24.1 Å². The van der Waals surface area contributed by atoms with E-state index in [1.54, 1.807) is 0 Å². The number of hydrogen-bond donors (Lipinski definition) is 1. The first-order valence-electron chi connectivity index (χ1n) is 7.67. The maximum Gasteiger partial charge on any atom is 0.222 e. The highest BCUT2D eigenvalue weighted by Gasteiger charge is 2.27. The summed E-state index contributed by atoms with van der Waals surface area (Å²) in [5.41, 5.74) is 0. The fourth-order valence-electron chi connectivity index (χ4n) is 3.28. The third-order valence-electron chi connectivity index (χ3n) is 4.60. The van der Waals surface area contributed by atoms with E-state index in [0.29, 0.717) is 17.9 Å². The molecular formula is C15H28N2O. The second-order valence-corrected chi connectivity index (χ2v) is 6.33. The number of likely N-dealkylation sites (tertiary alicyclic amines) is 1. The summed E-state index contributed by atoms with van der Waals surface area (Å²) in [6.07, 6.45) is 6.85. The molecule has 0 spiro atoms. The minimum atomic E-state index is 0.389. The number of rotatable bonds is 3. The SMILES string of the molecule is CC1CCC(C)N(C(=O)CCC2CCCNC2)C1. The molecular weight excluding hydrogens is 224 g/mol. The predicted molar refractivity (Wildman–Crippen MR) is 74.4 cm³/mol. The van der Waals surface area contributed by atoms with Gasteiger partial charge in [0.25, 0.3) is 0 Å². The molecule has 104 valence electrons. The van der Waals surface area contributed by atoms with Crippen molar-refractivity contribution in [3.8, 4) is 0 Å². The van der Waals surface area contributed by atoms with Crippen LogP contribution in [0.5, 0.6) is 0 Å². The molecule has 0 bridgehead atoms. The third kappa shape index (κ3) is 3.71. The van der Waals surface area contributed by atoms with Gasteiger partial charge < -0.3 is 10.2 Å². The lowest BCUT2D eigenvalue weighted by Crippen LogP contribution is -2.45. The zero-order chi connectivity index (χ0) is 13.0. The van der Waals surface area contributed by atoms with Gasteiger partial charge in [-0.25, -0.2) is 0 Å². The molecule has 0 saturated carbocycles. The number of hydrogen-bond acceptors (Lipinski definition) is 2. The van der Waals surface area contributed by atoms with Crippen molar-refractivity contribution in [3.05, 3.63) is 0 Å². The maximum atomic E-state index is 12.3. The summed E-state index contributed by atoms with van der Waals surface area (Å²) >= 11 is 0. The van der Waals surface area contributed by atoms with Crippen LogP contribution in [0.3, 0.4) is 0 Å². The first-order valence-corrected chi connectivity index (χ1v) is 7.67. The number of piperidine rings is 2. The second-order valence-electron chi connectivity index (χ2n) is 6.33. The molecule has 3 heteroatoms. The van der Waals surface area contributed by atoms with Crippen LogP contribution in [0.1, 0.15) is 52.4 Å². The lowest BCUT2D eigenvalue weighted by Gasteiger charge is -2.37. The van der Waals surface area contributed by atoms with Gasteiger partial charge in [0, 0.05) is 19.0 Å². The van der Waals surface area contributed by atoms with E-state index in [0.717, 1.165) is 38.4 Å². The summed E-state index contributed by atoms with van der Waals surface area (Å²) in [7, 11) is 0. The zero-order valence-corrected chi connectivity index (χ0v) is 12.0. The molecule has 2 fully saturated rings. The quantitative estimate of drug-likeness (QED) is 0.836. The number of amides is 1. The second kappa shape index (κ2) is 6.55. The molecule has 0 radical (unpaired) electrons. The van der Waals surface area contributed by atoms with E-state index >= 15 is 0 Å². The van der Waals surface area contributed by atoms with Gasteiger partial charge in [0.2, 0.25) is 5.91 Å². The van der Waals surface area contributed by atoms with Crippen molar-refractivity contribution in [1.82, 2.24) is 10.2 Å². The van der Waals surface area contributed by atoms with Gasteiger partial charge in [0.05, 0.1) is 0 Å². The van der Waals surface area contributed by atoms with Crippen LogP contribution in [0.25, 0.3) is 0 Å². The Morgan fingerprint density at radius 1 is 1.28 bits per heavy atom. The zero-order valence-electron chi connectivity index (χ0n) is 12.0. The molecule has 2 aliphatic rings. The normalized spacial score (nSPS) is 33.4. The van der Waals surface area contributed by atoms with Crippen LogP contribution in [0.4, 0.5) is 0 Å². The molecule has 1 N–H and O–H groups in total. The Balaban J connectivity index is 1.75. The fourth-order valence-corrected chi connectivity index (χ4v) is 3.28. The first kappa shape index (κ1) is 13.9. The van der Waals surface area contributed by atoms with Gasteiger partial charge in [0.1, 0.15) is 0 Å². The average Bonchev–Trinajstić information content (AvgIpc) is 2.40. The Morgan fingerprint density at radius 2 is 2.11 bits per heavy atom. The first-order chi connectivity index (χ1) is 8.66. The molecule has 3 unspecified atom stereocenters. The molecule has 0 aromatic rings. The maximum absolute atomic E-state index is 12.3. The number of carbonyl (C=O) groups is 1. The van der Waals surface area contributed by atoms with Gasteiger partial charge in [-0.15, -0.1) is 0 Å². The molecule has 2 heterocycles. The molecule has 2 rings (SSSR count). The summed E-state index contributed by atoms with van der Waals surface area (Å²) in [6, 6.07) is 0.457. The van der Waals surface area contributed by atoms with Crippen LogP contribution >= 0.6 is 0 Å². The van der Waals surface area contributed by atoms with Crippen LogP contribution in [0.2, 0.25) is 0 Å². The molecule has 18 heavy (non-hydrogen) atoms. The van der Waals surface area contributed by atoms with E-state index in [4.69, 9.17) is 0 Å². The molecule has 2 saturated heterocycles. The topological polar surface area (TPSA) is 32.3 Å². The van der Waals surface area contributed by atoms with E-state index in [9.17, 15) is 4.79 Å². The lowest BCUT2D eigenvalue weighted by molar-refractivity contribution is -0.135. The van der Waals surface area contributed by atoms with Crippen LogP contribution in [0.15, 0.2) is 0 Å². The van der Waals surface area contributed by atoms with Crippen molar-refractivity contribution in [3.63, 3.8) is 0 Å². The monoisotopic (exact) mass is 252 g/mol. The van der Waals surface area contributed by atoms with Gasteiger partial charge in [0.15, 0.2) is 0 Å². The Morgan fingerprint density at radius 3 is 2.83 bits per heavy atom. The Labute approximate surface area is 111 Å². The molecule has 3 nitrogen and oxygen atoms in total. The number of carbonyl (C=O) groups excluding carboxylic acids is 1. The summed E-state index contributed by atoms with van der Waals surface area (Å²) in [5.74, 6) is 1.79. The minimum absolute atomic E-state index is 0.389. The number of nitrogens with one attached hydrogen (secondary N) is 1. The van der Waals surface area contributed by atoms with Crippen molar-refractivity contribution >= 4 is 5.91 Å². The molecule has 0 aromatic heterocycles. The highest BCUT2D eigenvalue weighted by Crippen LogP contribution is 2.23. The standard InChI is InChI=1S/C15H28N2O/c1-12-5-6-13(2)17(11-12)15(18)8-7-14-4-3-9-16-10-14/h12-14,16H,3-11H2,1-2H3. The average molecular weight is 252 g/mol. The van der Waals surface area contributed by atoms with E-state index in [1.807, 2.05) is 0 Å². The van der Waals surface area contributed by atoms with Crippen LogP contribution in [-0.4, -0.2) is 36.5 Å². The largest absolute Gasteiger partial charge is 0.340 e. The van der Waals surface area contributed by atoms with Crippen LogP contribution < -0.4 is 5.32 Å². The van der Waals surface area contributed by atoms with Gasteiger partial charge in [-0.3, -0.25) is 4.79 Å². The van der Waals surface area contributed by atoms with Crippen molar-refractivity contribution in [2.75, 3.05) is 19.6 Å². The van der Waals surface area contributed by atoms with E-state index in [1.165, 1.54) is 25.7 Å². The summed E-state index contributed by atoms with van der Waals surface area (Å²) < 4.78 is 0. The number of nitrogens with zero attached hydrogens (tertiary/aromatic N) is 1. The molecule has 1 amide bonds. The van der Waals surface area contributed by atoms with Gasteiger partial charge in [-0.1, -0.05) is 6.92 Å². The van der Waals surface area contributed by atoms with Crippen LogP contribution in [0, 0.1) is 11.8 Å². The lowest BCUT2D eigenvalue weighted by atomic mass is 9.92. The minimum Gasteiger partial charge on any atom is -0.340 e. The van der Waals surface area contributed by atoms with Crippen molar-refractivity contribution in [2.45, 2.75) is 58.4 Å². The Hall–Kier alpha value is -0.570. The van der Waals surface area contributed by atoms with Gasteiger partial charge in [-0.2, -0.15) is 0 Å². The van der Waals surface area contributed by atoms with Crippen molar-refractivity contribution < 1.29 is 4.79 Å². The van der Waals surface area contributed by atoms with Gasteiger partial charge >= 0.3 is 0 Å². The molecule has 3 atom stereocenters. The summed E-state index contributed by atoms with van der Waals surface area (Å²) in [5, 5.41) is 3.43. The molecule has 0 aliphatic carbocycles. The molecule has 0 aromatic carbocycles. The summed E-state index contributed by atoms with van der Waals surface area (Å²) in [6.45, 7) is 7.70. The Bertz CT molecular complexity index is 274. The highest BCUT2D eigenvalue weighted by molar-refractivity contribution is 5.76. The summed E-state index contributed by atoms with van der Waals surface area (Å²) in [4.78, 5) is 14.4. The van der Waals surface area contributed by atoms with Gasteiger partial charge in [-0.05, 0) is 64.0 Å². The van der Waals surface area contributed by atoms with E-state index in [-0.39, 0.29) is 0 Å².